The van der Waals surface area contributed by atoms with Gasteiger partial charge in [-0.1, -0.05) is 5.16 Å². The van der Waals surface area contributed by atoms with E-state index in [9.17, 15) is 13.2 Å². The number of rotatable bonds is 3. The van der Waals surface area contributed by atoms with Crippen LogP contribution in [0.1, 0.15) is 17.8 Å². The molecule has 3 N–H and O–H groups in total. The molecule has 0 unspecified atom stereocenters. The Hall–Kier alpha value is -1.15. The molecule has 1 heterocycles. The fourth-order valence-electron chi connectivity index (χ4n) is 0.755. The zero-order chi connectivity index (χ0) is 10.8. The molecule has 1 aromatic rings. The lowest BCUT2D eigenvalue weighted by atomic mass is 10.3. The maximum Gasteiger partial charge on any atom is 0.396 e. The maximum atomic E-state index is 11.8. The molecule has 0 radical (unpaired) electrons. The predicted octanol–water partition coefficient (Wildman–Crippen LogP) is 0.167. The third-order valence-electron chi connectivity index (χ3n) is 1.35. The van der Waals surface area contributed by atoms with E-state index in [1.54, 1.807) is 0 Å². The van der Waals surface area contributed by atoms with Crippen molar-refractivity contribution in [2.75, 3.05) is 6.54 Å². The molecular weight excluding hydrogens is 203 g/mol. The summed E-state index contributed by atoms with van der Waals surface area (Å²) >= 11 is 0. The summed E-state index contributed by atoms with van der Waals surface area (Å²) in [7, 11) is 0. The number of nitrogens with zero attached hydrogens (tertiary/aromatic N) is 2. The number of nitrogens with two attached hydrogens (primary N) is 1. The van der Waals surface area contributed by atoms with Gasteiger partial charge in [0.15, 0.2) is 5.82 Å². The Morgan fingerprint density at radius 1 is 1.50 bits per heavy atom. The van der Waals surface area contributed by atoms with E-state index in [1.807, 2.05) is 0 Å². The highest BCUT2D eigenvalue weighted by atomic mass is 19.4. The second kappa shape index (κ2) is 3.93. The van der Waals surface area contributed by atoms with Gasteiger partial charge in [0.1, 0.15) is 12.5 Å². The topological polar surface area (TPSA) is 85.2 Å². The van der Waals surface area contributed by atoms with Gasteiger partial charge in [-0.2, -0.15) is 18.2 Å². The zero-order valence-corrected chi connectivity index (χ0v) is 6.95. The second-order valence-electron chi connectivity index (χ2n) is 2.59. The first-order valence-electron chi connectivity index (χ1n) is 3.69. The van der Waals surface area contributed by atoms with Gasteiger partial charge in [-0.05, 0) is 0 Å². The summed E-state index contributed by atoms with van der Waals surface area (Å²) in [4.78, 5) is 3.34. The summed E-state index contributed by atoms with van der Waals surface area (Å²) in [5, 5.41) is 12.1. The average Bonchev–Trinajstić information content (AvgIpc) is 2.48. The highest BCUT2D eigenvalue weighted by Crippen LogP contribution is 2.20. The summed E-state index contributed by atoms with van der Waals surface area (Å²) < 4.78 is 39.8. The number of aliphatic hydroxyl groups excluding tert-OH is 1. The van der Waals surface area contributed by atoms with Gasteiger partial charge in [-0.25, -0.2) is 0 Å². The first-order chi connectivity index (χ1) is 6.42. The molecule has 0 bridgehead atoms. The van der Waals surface area contributed by atoms with Gasteiger partial charge in [0, 0.05) is 6.54 Å². The lowest BCUT2D eigenvalue weighted by Gasteiger charge is -2.00. The Kier molecular flexibility index (Phi) is 3.06. The van der Waals surface area contributed by atoms with Crippen molar-refractivity contribution in [1.82, 2.24) is 10.1 Å². The summed E-state index contributed by atoms with van der Waals surface area (Å²) in [6.07, 6.45) is -6.90. The van der Waals surface area contributed by atoms with Crippen LogP contribution in [0.15, 0.2) is 4.52 Å². The highest BCUT2D eigenvalue weighted by molar-refractivity contribution is 4.91. The molecule has 0 amide bonds. The van der Waals surface area contributed by atoms with E-state index in [0.717, 1.165) is 0 Å². The average molecular weight is 211 g/mol. The number of aromatic nitrogens is 2. The minimum absolute atomic E-state index is 0.187. The summed E-state index contributed by atoms with van der Waals surface area (Å²) in [6.45, 7) is -0.187. The number of hydrogen-bond donors (Lipinski definition) is 2. The molecule has 0 aliphatic heterocycles. The Morgan fingerprint density at radius 2 is 2.14 bits per heavy atom. The van der Waals surface area contributed by atoms with E-state index >= 15 is 0 Å². The van der Waals surface area contributed by atoms with Gasteiger partial charge in [0.2, 0.25) is 0 Å². The normalized spacial score (nSPS) is 14.4. The van der Waals surface area contributed by atoms with E-state index in [1.165, 1.54) is 0 Å². The molecule has 0 aromatic carbocycles. The van der Waals surface area contributed by atoms with Crippen LogP contribution in [0.5, 0.6) is 0 Å². The molecule has 0 saturated heterocycles. The zero-order valence-electron chi connectivity index (χ0n) is 6.95. The largest absolute Gasteiger partial charge is 0.396 e. The van der Waals surface area contributed by atoms with E-state index < -0.39 is 24.5 Å². The monoisotopic (exact) mass is 211 g/mol. The molecule has 1 aromatic heterocycles. The number of alkyl halides is 3. The fraction of sp³-hybridized carbons (Fsp3) is 0.667. The first-order valence-corrected chi connectivity index (χ1v) is 3.69. The van der Waals surface area contributed by atoms with Crippen LogP contribution in [0, 0.1) is 0 Å². The quantitative estimate of drug-likeness (QED) is 0.744. The number of hydrogen-bond acceptors (Lipinski definition) is 5. The molecule has 0 aliphatic rings. The molecular formula is C6H8F3N3O2. The van der Waals surface area contributed by atoms with Crippen molar-refractivity contribution >= 4 is 0 Å². The molecule has 1 rings (SSSR count). The first kappa shape index (κ1) is 10.9. The van der Waals surface area contributed by atoms with E-state index in [-0.39, 0.29) is 12.4 Å². The Morgan fingerprint density at radius 3 is 2.64 bits per heavy atom. The lowest BCUT2D eigenvalue weighted by Crippen LogP contribution is -2.14. The Labute approximate surface area is 76.7 Å². The lowest BCUT2D eigenvalue weighted by molar-refractivity contribution is -0.128. The van der Waals surface area contributed by atoms with Crippen LogP contribution < -0.4 is 5.73 Å². The van der Waals surface area contributed by atoms with Crippen LogP contribution in [0.2, 0.25) is 0 Å². The van der Waals surface area contributed by atoms with Gasteiger partial charge in [-0.3, -0.25) is 0 Å². The van der Waals surface area contributed by atoms with Crippen molar-refractivity contribution in [3.63, 3.8) is 0 Å². The minimum Gasteiger partial charge on any atom is -0.382 e. The van der Waals surface area contributed by atoms with Crippen molar-refractivity contribution in [3.05, 3.63) is 11.7 Å². The summed E-state index contributed by atoms with van der Waals surface area (Å²) in [5.74, 6) is -0.813. The van der Waals surface area contributed by atoms with Gasteiger partial charge < -0.3 is 15.4 Å². The molecule has 0 aliphatic carbocycles. The third kappa shape index (κ3) is 2.96. The minimum atomic E-state index is -4.39. The van der Waals surface area contributed by atoms with Crippen LogP contribution >= 0.6 is 0 Å². The third-order valence-corrected chi connectivity index (χ3v) is 1.35. The summed E-state index contributed by atoms with van der Waals surface area (Å²) in [5.41, 5.74) is 5.04. The van der Waals surface area contributed by atoms with Crippen molar-refractivity contribution < 1.29 is 22.8 Å². The van der Waals surface area contributed by atoms with Crippen LogP contribution in [0.25, 0.3) is 0 Å². The smallest absolute Gasteiger partial charge is 0.382 e. The second-order valence-corrected chi connectivity index (χ2v) is 2.59. The molecule has 5 nitrogen and oxygen atoms in total. The molecule has 1 atom stereocenters. The van der Waals surface area contributed by atoms with Crippen LogP contribution in [-0.2, 0) is 6.42 Å². The van der Waals surface area contributed by atoms with Gasteiger partial charge in [0.25, 0.3) is 5.89 Å². The summed E-state index contributed by atoms with van der Waals surface area (Å²) in [6, 6.07) is 0. The van der Waals surface area contributed by atoms with Crippen molar-refractivity contribution in [2.45, 2.75) is 18.7 Å². The van der Waals surface area contributed by atoms with Gasteiger partial charge in [0.05, 0.1) is 0 Å². The van der Waals surface area contributed by atoms with E-state index in [4.69, 9.17) is 10.8 Å². The molecule has 0 saturated carbocycles. The molecule has 14 heavy (non-hydrogen) atoms. The van der Waals surface area contributed by atoms with Gasteiger partial charge >= 0.3 is 6.18 Å². The van der Waals surface area contributed by atoms with Crippen molar-refractivity contribution in [2.24, 2.45) is 5.73 Å². The number of aliphatic hydroxyl groups is 1. The van der Waals surface area contributed by atoms with Crippen molar-refractivity contribution in [3.8, 4) is 0 Å². The van der Waals surface area contributed by atoms with E-state index in [2.05, 4.69) is 14.7 Å². The predicted molar refractivity (Wildman–Crippen MR) is 38.1 cm³/mol. The molecule has 80 valence electrons. The Bertz CT molecular complexity index is 299. The van der Waals surface area contributed by atoms with Gasteiger partial charge in [-0.15, -0.1) is 0 Å². The number of halogens is 3. The van der Waals surface area contributed by atoms with Crippen LogP contribution in [0.4, 0.5) is 13.2 Å². The maximum absolute atomic E-state index is 11.8. The van der Waals surface area contributed by atoms with Crippen molar-refractivity contribution in [1.29, 1.82) is 0 Å². The molecule has 0 spiro atoms. The molecule has 0 fully saturated rings. The van der Waals surface area contributed by atoms with E-state index in [0.29, 0.717) is 0 Å². The standard InChI is InChI=1S/C6H8F3N3O2/c7-6(8,9)1-4-11-5(14-12-4)3(13)2-10/h3,13H,1-2,10H2/t3-/m0/s1. The highest BCUT2D eigenvalue weighted by Gasteiger charge is 2.31. The van der Waals surface area contributed by atoms with Crippen LogP contribution in [0.3, 0.4) is 0 Å². The molecule has 8 heteroatoms. The SMILES string of the molecule is NC[C@H](O)c1nc(CC(F)(F)F)no1. The Balaban J connectivity index is 2.69. The fourth-order valence-corrected chi connectivity index (χ4v) is 0.755. The van der Waals surface area contributed by atoms with Crippen LogP contribution in [-0.4, -0.2) is 28.0 Å².